The van der Waals surface area contributed by atoms with Crippen LogP contribution in [0.25, 0.3) is 28.5 Å². The van der Waals surface area contributed by atoms with Gasteiger partial charge in [-0.3, -0.25) is 9.55 Å². The Bertz CT molecular complexity index is 1540. The van der Waals surface area contributed by atoms with Gasteiger partial charge in [-0.15, -0.1) is 10.2 Å². The molecular weight excluding hydrogens is 458 g/mol. The highest BCUT2D eigenvalue weighted by molar-refractivity contribution is 5.70. The summed E-state index contributed by atoms with van der Waals surface area (Å²) in [5.74, 6) is 0.921. The Labute approximate surface area is 207 Å². The molecule has 0 aliphatic rings. The molecule has 0 aliphatic heterocycles. The van der Waals surface area contributed by atoms with Gasteiger partial charge in [-0.05, 0) is 72.2 Å². The molecule has 0 aliphatic carbocycles. The fourth-order valence-electron chi connectivity index (χ4n) is 4.09. The Morgan fingerprint density at radius 1 is 1.03 bits per heavy atom. The number of aromatic amines is 1. The van der Waals surface area contributed by atoms with Crippen molar-refractivity contribution in [1.82, 2.24) is 54.9 Å². The van der Waals surface area contributed by atoms with Gasteiger partial charge in [0, 0.05) is 23.7 Å². The molecule has 0 amide bonds. The van der Waals surface area contributed by atoms with E-state index in [0.29, 0.717) is 18.3 Å². The minimum absolute atomic E-state index is 0.204. The highest BCUT2D eigenvalue weighted by Crippen LogP contribution is 2.25. The van der Waals surface area contributed by atoms with Crippen molar-refractivity contribution in [2.75, 3.05) is 0 Å². The molecule has 1 aromatic carbocycles. The molecule has 0 saturated heterocycles. The number of H-pyrrole nitrogens is 1. The van der Waals surface area contributed by atoms with Crippen molar-refractivity contribution in [2.45, 2.75) is 52.6 Å². The number of tetrazole rings is 2. The molecule has 0 bridgehead atoms. The topological polar surface area (TPSA) is 138 Å². The lowest BCUT2D eigenvalue weighted by Gasteiger charge is -2.19. The number of aromatic nitrogens is 11. The lowest BCUT2D eigenvalue weighted by Crippen LogP contribution is -2.31. The predicted octanol–water partition coefficient (Wildman–Crippen LogP) is 2.62. The van der Waals surface area contributed by atoms with Gasteiger partial charge >= 0.3 is 5.69 Å². The van der Waals surface area contributed by atoms with Gasteiger partial charge in [-0.25, -0.2) is 14.0 Å². The number of nitrogens with one attached hydrogen (secondary N) is 1. The van der Waals surface area contributed by atoms with Crippen molar-refractivity contribution in [2.24, 2.45) is 0 Å². The molecule has 0 atom stereocenters. The van der Waals surface area contributed by atoms with Crippen LogP contribution in [0.3, 0.4) is 0 Å². The van der Waals surface area contributed by atoms with Crippen LogP contribution < -0.4 is 5.69 Å². The zero-order chi connectivity index (χ0) is 25.3. The molecule has 36 heavy (non-hydrogen) atoms. The number of benzene rings is 1. The molecule has 12 nitrogen and oxygen atoms in total. The predicted molar refractivity (Wildman–Crippen MR) is 132 cm³/mol. The standard InChI is InChI=1S/C24H27N11O/c1-5-7-20-15-34(22-28-31-32-35(22)24(2,3)4)23(36)33(20)14-19-13-17(10-11-25-19)16-8-6-9-18(12-16)21-26-29-30-27-21/h6,8-13,15H,5,7,14H2,1-4H3,(H,26,27,29,30). The maximum Gasteiger partial charge on any atom is 0.335 e. The lowest BCUT2D eigenvalue weighted by atomic mass is 10.0. The molecule has 5 rings (SSSR count). The second kappa shape index (κ2) is 9.29. The zero-order valence-corrected chi connectivity index (χ0v) is 20.6. The molecule has 5 aromatic rings. The van der Waals surface area contributed by atoms with Crippen molar-refractivity contribution in [3.63, 3.8) is 0 Å². The largest absolute Gasteiger partial charge is 0.335 e. The average molecular weight is 486 g/mol. The van der Waals surface area contributed by atoms with Gasteiger partial charge < -0.3 is 0 Å². The summed E-state index contributed by atoms with van der Waals surface area (Å²) in [6.07, 6.45) is 5.22. The van der Waals surface area contributed by atoms with E-state index < -0.39 is 0 Å². The molecule has 12 heteroatoms. The van der Waals surface area contributed by atoms with E-state index in [1.807, 2.05) is 63.4 Å². The molecule has 0 unspecified atom stereocenters. The smallest absolute Gasteiger partial charge is 0.290 e. The SMILES string of the molecule is CCCc1cn(-c2nnnn2C(C)(C)C)c(=O)n1Cc1cc(-c2cccc(-c3nn[nH]n3)c2)ccn1. The Balaban J connectivity index is 1.51. The van der Waals surface area contributed by atoms with Crippen LogP contribution in [0, 0.1) is 0 Å². The summed E-state index contributed by atoms with van der Waals surface area (Å²) >= 11 is 0. The van der Waals surface area contributed by atoms with Crippen LogP contribution in [-0.2, 0) is 18.5 Å². The van der Waals surface area contributed by atoms with Crippen molar-refractivity contribution in [1.29, 1.82) is 0 Å². The Kier molecular flexibility index (Phi) is 6.00. The molecule has 0 fully saturated rings. The van der Waals surface area contributed by atoms with E-state index in [1.165, 1.54) is 4.57 Å². The van der Waals surface area contributed by atoms with E-state index in [2.05, 4.69) is 48.1 Å². The number of hydrogen-bond donors (Lipinski definition) is 1. The minimum Gasteiger partial charge on any atom is -0.290 e. The Hall–Kier alpha value is -4.48. The second-order valence-corrected chi connectivity index (χ2v) is 9.52. The highest BCUT2D eigenvalue weighted by Gasteiger charge is 2.24. The van der Waals surface area contributed by atoms with E-state index in [-0.39, 0.29) is 11.2 Å². The van der Waals surface area contributed by atoms with Crippen LogP contribution in [0.4, 0.5) is 0 Å². The van der Waals surface area contributed by atoms with Crippen molar-refractivity contribution >= 4 is 0 Å². The summed E-state index contributed by atoms with van der Waals surface area (Å²) in [4.78, 5) is 18.1. The Morgan fingerprint density at radius 3 is 2.58 bits per heavy atom. The van der Waals surface area contributed by atoms with Gasteiger partial charge in [0.2, 0.25) is 5.82 Å². The molecule has 0 radical (unpaired) electrons. The molecule has 184 valence electrons. The quantitative estimate of drug-likeness (QED) is 0.371. The number of nitrogens with zero attached hydrogens (tertiary/aromatic N) is 10. The van der Waals surface area contributed by atoms with Gasteiger partial charge in [0.25, 0.3) is 5.95 Å². The number of pyridine rings is 1. The first kappa shape index (κ1) is 23.3. The Morgan fingerprint density at radius 2 is 1.83 bits per heavy atom. The van der Waals surface area contributed by atoms with Gasteiger partial charge in [0.05, 0.1) is 17.8 Å². The summed E-state index contributed by atoms with van der Waals surface area (Å²) in [5.41, 5.74) is 3.91. The van der Waals surface area contributed by atoms with Crippen LogP contribution in [0.2, 0.25) is 0 Å². The fourth-order valence-corrected chi connectivity index (χ4v) is 4.09. The second-order valence-electron chi connectivity index (χ2n) is 9.52. The maximum atomic E-state index is 13.5. The van der Waals surface area contributed by atoms with Crippen molar-refractivity contribution in [3.8, 4) is 28.5 Å². The van der Waals surface area contributed by atoms with Gasteiger partial charge in [0.1, 0.15) is 0 Å². The third-order valence-corrected chi connectivity index (χ3v) is 5.81. The molecule has 0 spiro atoms. The zero-order valence-electron chi connectivity index (χ0n) is 20.6. The number of aryl methyl sites for hydroxylation is 1. The average Bonchev–Trinajstić information content (AvgIpc) is 3.62. The summed E-state index contributed by atoms with van der Waals surface area (Å²) in [6, 6.07) is 11.8. The van der Waals surface area contributed by atoms with Crippen LogP contribution in [-0.4, -0.2) is 54.9 Å². The number of hydrogen-bond acceptors (Lipinski definition) is 8. The van der Waals surface area contributed by atoms with Gasteiger partial charge in [0.15, 0.2) is 0 Å². The summed E-state index contributed by atoms with van der Waals surface area (Å²) in [7, 11) is 0. The number of imidazole rings is 1. The first-order chi connectivity index (χ1) is 17.3. The van der Waals surface area contributed by atoms with Crippen LogP contribution in [0.15, 0.2) is 53.6 Å². The first-order valence-electron chi connectivity index (χ1n) is 11.7. The fraction of sp³-hybridized carbons (Fsp3) is 0.333. The summed E-state index contributed by atoms with van der Waals surface area (Å²) in [6.45, 7) is 8.39. The van der Waals surface area contributed by atoms with Crippen LogP contribution in [0.1, 0.15) is 45.5 Å². The summed E-state index contributed by atoms with van der Waals surface area (Å²) < 4.78 is 4.92. The monoisotopic (exact) mass is 485 g/mol. The first-order valence-corrected chi connectivity index (χ1v) is 11.7. The van der Waals surface area contributed by atoms with E-state index in [0.717, 1.165) is 40.9 Å². The molecule has 0 saturated carbocycles. The van der Waals surface area contributed by atoms with E-state index >= 15 is 0 Å². The lowest BCUT2D eigenvalue weighted by molar-refractivity contribution is 0.342. The van der Waals surface area contributed by atoms with Gasteiger partial charge in [-0.2, -0.15) is 5.21 Å². The minimum atomic E-state index is -0.378. The van der Waals surface area contributed by atoms with Gasteiger partial charge in [-0.1, -0.05) is 36.6 Å². The van der Waals surface area contributed by atoms with Crippen LogP contribution >= 0.6 is 0 Å². The molecule has 1 N–H and O–H groups in total. The molecule has 4 aromatic heterocycles. The number of rotatable bonds is 7. The van der Waals surface area contributed by atoms with Crippen LogP contribution in [0.5, 0.6) is 0 Å². The van der Waals surface area contributed by atoms with E-state index in [9.17, 15) is 4.79 Å². The molecular formula is C24H27N11O. The molecule has 4 heterocycles. The summed E-state index contributed by atoms with van der Waals surface area (Å²) in [5, 5.41) is 26.3. The highest BCUT2D eigenvalue weighted by atomic mass is 16.2. The normalized spacial score (nSPS) is 11.8. The van der Waals surface area contributed by atoms with Crippen molar-refractivity contribution < 1.29 is 0 Å². The van der Waals surface area contributed by atoms with E-state index in [1.54, 1.807) is 15.4 Å². The third kappa shape index (κ3) is 4.44. The third-order valence-electron chi connectivity index (χ3n) is 5.81. The maximum absolute atomic E-state index is 13.5. The van der Waals surface area contributed by atoms with E-state index in [4.69, 9.17) is 0 Å². The van der Waals surface area contributed by atoms with Crippen molar-refractivity contribution in [3.05, 3.63) is 70.7 Å².